The standard InChI is InChI=1S/C12H18N4OS2/c1-3-9-10-11(15(2)14-9)16(12(18)13-10)8-4-6-19(17)7-5-8/h8H,3-7H2,1-2H3,(H,13,18). The molecule has 1 aliphatic rings. The fraction of sp³-hybridized carbons (Fsp3) is 0.667. The third-order valence-electron chi connectivity index (χ3n) is 3.83. The van der Waals surface area contributed by atoms with Crippen LogP contribution in [0.4, 0.5) is 0 Å². The Morgan fingerprint density at radius 1 is 1.47 bits per heavy atom. The lowest BCUT2D eigenvalue weighted by molar-refractivity contribution is 0.460. The number of fused-ring (bicyclic) bond motifs is 1. The highest BCUT2D eigenvalue weighted by Gasteiger charge is 2.24. The van der Waals surface area contributed by atoms with Gasteiger partial charge in [0.1, 0.15) is 5.52 Å². The summed E-state index contributed by atoms with van der Waals surface area (Å²) < 4.78 is 16.3. The summed E-state index contributed by atoms with van der Waals surface area (Å²) in [6.07, 6.45) is 2.75. The Kier molecular flexibility index (Phi) is 3.34. The minimum absolute atomic E-state index is 0.346. The summed E-state index contributed by atoms with van der Waals surface area (Å²) in [6.45, 7) is 2.10. The molecule has 19 heavy (non-hydrogen) atoms. The van der Waals surface area contributed by atoms with Crippen molar-refractivity contribution < 1.29 is 4.21 Å². The third kappa shape index (κ3) is 2.08. The van der Waals surface area contributed by atoms with Gasteiger partial charge in [-0.25, -0.2) is 0 Å². The first-order valence-corrected chi connectivity index (χ1v) is 8.52. The molecule has 1 aliphatic heterocycles. The topological polar surface area (TPSA) is 55.6 Å². The van der Waals surface area contributed by atoms with Gasteiger partial charge < -0.3 is 4.98 Å². The second-order valence-corrected chi connectivity index (χ2v) is 7.08. The van der Waals surface area contributed by atoms with E-state index in [-0.39, 0.29) is 0 Å². The molecular weight excluding hydrogens is 280 g/mol. The predicted octanol–water partition coefficient (Wildman–Crippen LogP) is 2.08. The van der Waals surface area contributed by atoms with Gasteiger partial charge in [-0.15, -0.1) is 0 Å². The molecule has 0 unspecified atom stereocenters. The lowest BCUT2D eigenvalue weighted by Crippen LogP contribution is -2.22. The Morgan fingerprint density at radius 2 is 2.16 bits per heavy atom. The maximum absolute atomic E-state index is 11.5. The van der Waals surface area contributed by atoms with Gasteiger partial charge in [0.2, 0.25) is 0 Å². The average molecular weight is 298 g/mol. The first kappa shape index (κ1) is 13.1. The zero-order valence-electron chi connectivity index (χ0n) is 11.2. The number of nitrogens with one attached hydrogen (secondary N) is 1. The number of H-pyrrole nitrogens is 1. The van der Waals surface area contributed by atoms with Crippen LogP contribution in [-0.2, 0) is 24.3 Å². The molecule has 2 aromatic heterocycles. The van der Waals surface area contributed by atoms with Crippen LogP contribution in [0.1, 0.15) is 31.5 Å². The molecule has 104 valence electrons. The molecule has 0 amide bonds. The molecule has 1 saturated heterocycles. The molecule has 3 rings (SSSR count). The summed E-state index contributed by atoms with van der Waals surface area (Å²) in [5.74, 6) is 1.55. The van der Waals surface area contributed by atoms with Crippen molar-refractivity contribution in [3.63, 3.8) is 0 Å². The number of hydrogen-bond acceptors (Lipinski definition) is 3. The number of aromatic nitrogens is 4. The summed E-state index contributed by atoms with van der Waals surface area (Å²) in [4.78, 5) is 3.29. The van der Waals surface area contributed by atoms with Crippen LogP contribution in [0.2, 0.25) is 0 Å². The van der Waals surface area contributed by atoms with Gasteiger partial charge in [-0.05, 0) is 31.5 Å². The Labute approximate surface area is 119 Å². The van der Waals surface area contributed by atoms with Crippen LogP contribution >= 0.6 is 12.2 Å². The monoisotopic (exact) mass is 298 g/mol. The van der Waals surface area contributed by atoms with Gasteiger partial charge in [0, 0.05) is 35.4 Å². The molecule has 5 nitrogen and oxygen atoms in total. The molecule has 0 aliphatic carbocycles. The molecular formula is C12H18N4OS2. The molecule has 2 aromatic rings. The second-order valence-electron chi connectivity index (χ2n) is 5.00. The highest BCUT2D eigenvalue weighted by atomic mass is 32.2. The highest BCUT2D eigenvalue weighted by molar-refractivity contribution is 7.85. The molecule has 7 heteroatoms. The maximum atomic E-state index is 11.5. The van der Waals surface area contributed by atoms with E-state index in [9.17, 15) is 4.21 Å². The number of aryl methyl sites for hydroxylation is 2. The Morgan fingerprint density at radius 3 is 2.79 bits per heavy atom. The van der Waals surface area contributed by atoms with Crippen LogP contribution in [-0.4, -0.2) is 35.0 Å². The van der Waals surface area contributed by atoms with E-state index in [1.165, 1.54) is 0 Å². The molecule has 1 N–H and O–H groups in total. The minimum atomic E-state index is -0.645. The van der Waals surface area contributed by atoms with E-state index < -0.39 is 10.8 Å². The van der Waals surface area contributed by atoms with E-state index in [0.717, 1.165) is 52.4 Å². The van der Waals surface area contributed by atoms with Crippen LogP contribution in [0.5, 0.6) is 0 Å². The zero-order chi connectivity index (χ0) is 13.6. The van der Waals surface area contributed by atoms with Crippen molar-refractivity contribution in [3.05, 3.63) is 10.5 Å². The molecule has 0 bridgehead atoms. The largest absolute Gasteiger partial charge is 0.328 e. The molecule has 0 atom stereocenters. The molecule has 3 heterocycles. The van der Waals surface area contributed by atoms with Crippen LogP contribution < -0.4 is 0 Å². The van der Waals surface area contributed by atoms with Crippen LogP contribution in [0.15, 0.2) is 0 Å². The van der Waals surface area contributed by atoms with E-state index in [1.54, 1.807) is 0 Å². The van der Waals surface area contributed by atoms with Gasteiger partial charge in [0.15, 0.2) is 10.4 Å². The maximum Gasteiger partial charge on any atom is 0.179 e. The number of hydrogen-bond donors (Lipinski definition) is 1. The first-order valence-electron chi connectivity index (χ1n) is 6.63. The summed E-state index contributed by atoms with van der Waals surface area (Å²) >= 11 is 5.47. The number of imidazole rings is 1. The number of rotatable bonds is 2. The number of aromatic amines is 1. The van der Waals surface area contributed by atoms with Crippen molar-refractivity contribution in [2.75, 3.05) is 11.5 Å². The lowest BCUT2D eigenvalue weighted by Gasteiger charge is -2.23. The zero-order valence-corrected chi connectivity index (χ0v) is 12.8. The van der Waals surface area contributed by atoms with Gasteiger partial charge >= 0.3 is 0 Å². The van der Waals surface area contributed by atoms with Gasteiger partial charge in [0.05, 0.1) is 5.69 Å². The Bertz CT molecular complexity index is 686. The van der Waals surface area contributed by atoms with Crippen LogP contribution in [0.25, 0.3) is 11.2 Å². The molecule has 0 aromatic carbocycles. The van der Waals surface area contributed by atoms with Gasteiger partial charge in [-0.2, -0.15) is 5.10 Å². The summed E-state index contributed by atoms with van der Waals surface area (Å²) in [5.41, 5.74) is 3.18. The molecule has 0 radical (unpaired) electrons. The molecule has 1 fully saturated rings. The van der Waals surface area contributed by atoms with Crippen molar-refractivity contribution in [1.82, 2.24) is 19.3 Å². The normalized spacial score (nSPS) is 24.1. The van der Waals surface area contributed by atoms with Crippen molar-refractivity contribution in [2.24, 2.45) is 7.05 Å². The van der Waals surface area contributed by atoms with Crippen LogP contribution in [0.3, 0.4) is 0 Å². The Hall–Kier alpha value is -0.950. The van der Waals surface area contributed by atoms with Crippen molar-refractivity contribution in [3.8, 4) is 0 Å². The first-order chi connectivity index (χ1) is 9.11. The smallest absolute Gasteiger partial charge is 0.179 e. The second kappa shape index (κ2) is 4.86. The van der Waals surface area contributed by atoms with Crippen molar-refractivity contribution in [1.29, 1.82) is 0 Å². The van der Waals surface area contributed by atoms with E-state index in [0.29, 0.717) is 6.04 Å². The predicted molar refractivity (Wildman–Crippen MR) is 79.4 cm³/mol. The summed E-state index contributed by atoms with van der Waals surface area (Å²) in [7, 11) is 1.32. The van der Waals surface area contributed by atoms with E-state index >= 15 is 0 Å². The average Bonchev–Trinajstić information content (AvgIpc) is 2.88. The third-order valence-corrected chi connectivity index (χ3v) is 5.51. The summed E-state index contributed by atoms with van der Waals surface area (Å²) in [5, 5.41) is 4.54. The van der Waals surface area contributed by atoms with E-state index in [1.807, 2.05) is 11.7 Å². The highest BCUT2D eigenvalue weighted by Crippen LogP contribution is 2.28. The number of nitrogens with zero attached hydrogens (tertiary/aromatic N) is 3. The fourth-order valence-electron chi connectivity index (χ4n) is 2.86. The van der Waals surface area contributed by atoms with E-state index in [2.05, 4.69) is 21.6 Å². The fourth-order valence-corrected chi connectivity index (χ4v) is 4.47. The summed E-state index contributed by atoms with van der Waals surface area (Å²) in [6, 6.07) is 0.346. The van der Waals surface area contributed by atoms with Crippen LogP contribution in [0, 0.1) is 4.77 Å². The van der Waals surface area contributed by atoms with Gasteiger partial charge in [-0.3, -0.25) is 13.5 Å². The SMILES string of the molecule is CCc1nn(C)c2c1[nH]c(=S)n2C1CCS(=O)CC1. The van der Waals surface area contributed by atoms with Crippen molar-refractivity contribution >= 4 is 34.2 Å². The van der Waals surface area contributed by atoms with Gasteiger partial charge in [-0.1, -0.05) is 6.92 Å². The van der Waals surface area contributed by atoms with Gasteiger partial charge in [0.25, 0.3) is 0 Å². The quantitative estimate of drug-likeness (QED) is 0.864. The lowest BCUT2D eigenvalue weighted by atomic mass is 10.1. The molecule has 0 saturated carbocycles. The molecule has 0 spiro atoms. The Balaban J connectivity index is 2.13. The van der Waals surface area contributed by atoms with E-state index in [4.69, 9.17) is 12.2 Å². The van der Waals surface area contributed by atoms with Crippen molar-refractivity contribution in [2.45, 2.75) is 32.2 Å². The minimum Gasteiger partial charge on any atom is -0.328 e.